The molecule has 4 aliphatic heterocycles. The van der Waals surface area contributed by atoms with E-state index in [4.69, 9.17) is 57.2 Å². The van der Waals surface area contributed by atoms with E-state index in [9.17, 15) is 28.8 Å². The Labute approximate surface area is 595 Å². The zero-order chi connectivity index (χ0) is 67.7. The van der Waals surface area contributed by atoms with Crippen molar-refractivity contribution in [2.75, 3.05) is 13.1 Å². The smallest absolute Gasteiger partial charge is 0.408 e. The summed E-state index contributed by atoms with van der Waals surface area (Å²) in [4.78, 5) is 111. The summed E-state index contributed by atoms with van der Waals surface area (Å²) >= 11 is 0. The minimum absolute atomic E-state index is 0. The molecule has 4 aromatic heterocycles. The molecule has 26 heteroatoms. The third-order valence-corrected chi connectivity index (χ3v) is 20.2. The van der Waals surface area contributed by atoms with Gasteiger partial charge in [-0.1, -0.05) is 99.6 Å². The third kappa shape index (κ3) is 16.9. The Kier molecular flexibility index (Phi) is 23.3. The van der Waals surface area contributed by atoms with E-state index in [0.29, 0.717) is 106 Å². The van der Waals surface area contributed by atoms with Gasteiger partial charge in [-0.15, -0.1) is 0 Å². The van der Waals surface area contributed by atoms with E-state index in [2.05, 4.69) is 33.2 Å². The maximum absolute atomic E-state index is 14.3. The van der Waals surface area contributed by atoms with E-state index in [0.717, 1.165) is 81.1 Å². The summed E-state index contributed by atoms with van der Waals surface area (Å²) in [6.07, 6.45) is 17.5. The average molecular weight is 1420 g/mol. The summed E-state index contributed by atoms with van der Waals surface area (Å²) in [5.41, 5.74) is 2.81. The predicted octanol–water partition coefficient (Wildman–Crippen LogP) is 10.7. The number of aromatic nitrogens is 6. The second kappa shape index (κ2) is 31.1. The summed E-state index contributed by atoms with van der Waals surface area (Å²) in [5.74, 6) is 4.75. The number of hydrogen-bond acceptors (Lipinski definition) is 20. The van der Waals surface area contributed by atoms with Crippen molar-refractivity contribution in [3.05, 3.63) is 83.5 Å². The van der Waals surface area contributed by atoms with Gasteiger partial charge in [0.2, 0.25) is 35.4 Å². The molecule has 24 nitrogen and oxygen atoms in total. The number of fused-ring (bicyclic) bond motifs is 12. The molecule has 524 valence electrons. The standard InChI is InChI=1S/C38H48N5O7.C34H42N5O7.2V/c1-6-24-30(19-44)43-18-32(24)49-35-28(40-27-13-12-23(16-29(27)41-35)47-20-33-39-17-21(2)48-33)11-9-7-8-10-25-26-14-22(26)15-31(25)50-37(46)42-34(36(43)45)38(3,4)5;1-19-15-35-29(44-19)18-43-22-11-12-23-25(14-22)37-31-24(36-23)10-8-6-7-9-21-13-27(21)46-33(42)38-30(34(3,4)5)32(41)39-16-28(45-31)20(2)26(39)17-40;;/h12-13,16-17,22,24-26,30-32,34H,6-11,14-15,18,20H2,1-5H3,(H,42,46);11-12,14-15,20-21,26-28,30H,6-10,13,16,18H2,1-5H3,(H,38,42);;/q2*-1;;/t22?,24-,25+,26?,30+,31+,32-,34+;20-,21+,26+,27+,28-,30+;;/m00../s1. The van der Waals surface area contributed by atoms with Crippen LogP contribution in [0.5, 0.6) is 23.3 Å². The van der Waals surface area contributed by atoms with Crippen molar-refractivity contribution in [3.8, 4) is 23.3 Å². The summed E-state index contributed by atoms with van der Waals surface area (Å²) in [5, 5.41) is 5.72. The third-order valence-electron chi connectivity index (χ3n) is 20.2. The summed E-state index contributed by atoms with van der Waals surface area (Å²) in [6, 6.07) is 7.55. The fraction of sp³-hybridized carbons (Fsp3) is 0.611. The zero-order valence-electron chi connectivity index (χ0n) is 57.6. The maximum Gasteiger partial charge on any atom is 0.408 e. The predicted molar refractivity (Wildman–Crippen MR) is 350 cm³/mol. The van der Waals surface area contributed by atoms with Gasteiger partial charge in [-0.2, -0.15) is 0 Å². The first-order valence-corrected chi connectivity index (χ1v) is 34.4. The monoisotopic (exact) mass is 1420 g/mol. The number of hydrogen-bond donors (Lipinski definition) is 2. The molecule has 2 aromatic carbocycles. The number of nitrogens with one attached hydrogen (secondary N) is 2. The second-order valence-corrected chi connectivity index (χ2v) is 29.4. The van der Waals surface area contributed by atoms with E-state index in [1.54, 1.807) is 18.5 Å². The first-order chi connectivity index (χ1) is 46.0. The summed E-state index contributed by atoms with van der Waals surface area (Å²) < 4.78 is 47.9. The largest absolute Gasteiger partial charge is 0.540 e. The van der Waals surface area contributed by atoms with Gasteiger partial charge in [-0.3, -0.25) is 9.59 Å². The quantitative estimate of drug-likeness (QED) is 0.127. The van der Waals surface area contributed by atoms with E-state index < -0.39 is 59.4 Å². The number of aryl methyl sites for hydroxylation is 4. The van der Waals surface area contributed by atoms with Crippen LogP contribution in [0.25, 0.3) is 22.1 Å². The molecule has 8 heterocycles. The maximum atomic E-state index is 14.3. The van der Waals surface area contributed by atoms with Crippen LogP contribution >= 0.6 is 0 Å². The number of oxazole rings is 2. The van der Waals surface area contributed by atoms with Crippen molar-refractivity contribution in [2.24, 2.45) is 46.3 Å². The number of amides is 4. The molecule has 2 radical (unpaired) electrons. The van der Waals surface area contributed by atoms with E-state index >= 15 is 0 Å². The molecular formula is C72H90N10O14V2-2. The summed E-state index contributed by atoms with van der Waals surface area (Å²) in [6.45, 7) is 19.4. The van der Waals surface area contributed by atoms with Crippen LogP contribution in [-0.4, -0.2) is 138 Å². The Morgan fingerprint density at radius 2 is 1.05 bits per heavy atom. The van der Waals surface area contributed by atoms with Crippen LogP contribution in [0.15, 0.2) is 57.6 Å². The van der Waals surface area contributed by atoms with Crippen molar-refractivity contribution in [2.45, 2.75) is 221 Å². The number of benzene rings is 2. The number of carbonyl (C=O) groups is 4. The molecule has 4 bridgehead atoms. The fourth-order valence-electron chi connectivity index (χ4n) is 14.6. The molecule has 7 aliphatic rings. The number of carbonyl (C=O) groups excluding carboxylic acids is 6. The van der Waals surface area contributed by atoms with Gasteiger partial charge in [0.15, 0.2) is 13.2 Å². The summed E-state index contributed by atoms with van der Waals surface area (Å²) in [7, 11) is 0. The molecule has 14 atom stereocenters. The van der Waals surface area contributed by atoms with Crippen LogP contribution in [0.3, 0.4) is 0 Å². The van der Waals surface area contributed by atoms with Crippen LogP contribution in [-0.2, 0) is 91.8 Å². The SMILES string of the molecule is CC[C@@H]1[C@@H]2CN(C(=O)[C@H](C(C)(C)C)NC(=O)O[C@@H]3CC4CC4[C@H]3CCCCCc3nc4ccc(OCc5ncc(C)o5)cc4nc3O2)[C@@H]1[C-]=O.Cc1cnc(COc2ccc3nc4c(nc3c2)O[C@H]2CN(C(=O)[C@H](C(C)(C)C)NC(=O)O[C@@H]3C[C@H]3CCCCC4)[C@H]([C-]=O)[C@@H]2C)o1.[V].[V]. The molecule has 3 aliphatic carbocycles. The Bertz CT molecular complexity index is 3840. The van der Waals surface area contributed by atoms with Crippen LogP contribution in [0.1, 0.15) is 167 Å². The first-order valence-electron chi connectivity index (χ1n) is 34.4. The van der Waals surface area contributed by atoms with Crippen molar-refractivity contribution >= 4 is 58.6 Å². The molecule has 5 fully saturated rings. The minimum atomic E-state index is -0.912. The van der Waals surface area contributed by atoms with E-state index in [-0.39, 0.29) is 99.3 Å². The molecule has 2 unspecified atom stereocenters. The molecule has 2 N–H and O–H groups in total. The van der Waals surface area contributed by atoms with E-state index in [1.165, 1.54) is 16.2 Å². The van der Waals surface area contributed by atoms with Gasteiger partial charge < -0.3 is 67.3 Å². The number of ether oxygens (including phenoxy) is 6. The van der Waals surface area contributed by atoms with Crippen molar-refractivity contribution in [1.82, 2.24) is 50.3 Å². The second-order valence-electron chi connectivity index (χ2n) is 29.4. The Morgan fingerprint density at radius 3 is 1.55 bits per heavy atom. The van der Waals surface area contributed by atoms with Gasteiger partial charge in [0.05, 0.1) is 47.6 Å². The Balaban J connectivity index is 0.000000209. The van der Waals surface area contributed by atoms with Crippen LogP contribution in [0, 0.1) is 60.2 Å². The van der Waals surface area contributed by atoms with Crippen LogP contribution in [0.4, 0.5) is 9.59 Å². The fourth-order valence-corrected chi connectivity index (χ4v) is 14.6. The van der Waals surface area contributed by atoms with Crippen LogP contribution < -0.4 is 29.6 Å². The van der Waals surface area contributed by atoms with Gasteiger partial charge in [0.25, 0.3) is 0 Å². The van der Waals surface area contributed by atoms with Gasteiger partial charge >= 0.3 is 12.2 Å². The van der Waals surface area contributed by atoms with E-state index in [1.807, 2.05) is 99.6 Å². The van der Waals surface area contributed by atoms with Crippen molar-refractivity contribution in [3.63, 3.8) is 0 Å². The molecule has 13 rings (SSSR count). The van der Waals surface area contributed by atoms with Gasteiger partial charge in [0.1, 0.15) is 70.9 Å². The first kappa shape index (κ1) is 73.4. The molecule has 2 saturated heterocycles. The Morgan fingerprint density at radius 1 is 0.561 bits per heavy atom. The number of nitrogens with zero attached hydrogens (tertiary/aromatic N) is 8. The molecule has 3 saturated carbocycles. The number of alkyl carbamates (subject to hydrolysis) is 2. The molecule has 98 heavy (non-hydrogen) atoms. The zero-order valence-corrected chi connectivity index (χ0v) is 60.4. The molecule has 0 spiro atoms. The van der Waals surface area contributed by atoms with Gasteiger partial charge in [0, 0.05) is 49.2 Å². The topological polar surface area (TPSA) is 292 Å². The molecule has 6 aromatic rings. The van der Waals surface area contributed by atoms with Crippen molar-refractivity contribution < 1.29 is 103 Å². The normalized spacial score (nSPS) is 28.3. The Hall–Kier alpha value is -7.27. The molecular weight excluding hydrogens is 1330 g/mol. The molecule has 4 amide bonds. The van der Waals surface area contributed by atoms with Crippen LogP contribution in [0.2, 0.25) is 0 Å². The van der Waals surface area contributed by atoms with Gasteiger partial charge in [-0.25, -0.2) is 52.1 Å². The number of rotatable bonds is 9. The van der Waals surface area contributed by atoms with Gasteiger partial charge in [-0.05, 0) is 142 Å². The average Bonchev–Trinajstić information content (AvgIpc) is 1.59. The minimum Gasteiger partial charge on any atom is -0.540 e. The van der Waals surface area contributed by atoms with Crippen molar-refractivity contribution in [1.29, 1.82) is 0 Å².